The fraction of sp³-hybridized carbons (Fsp3) is 0.476. The second kappa shape index (κ2) is 10.5. The van der Waals surface area contributed by atoms with Crippen molar-refractivity contribution in [2.75, 3.05) is 50.7 Å². The first-order valence-corrected chi connectivity index (χ1v) is 10.2. The van der Waals surface area contributed by atoms with E-state index in [1.165, 1.54) is 26.4 Å². The fourth-order valence-electron chi connectivity index (χ4n) is 3.58. The molecule has 0 unspecified atom stereocenters. The lowest BCUT2D eigenvalue weighted by Crippen LogP contribution is -2.50. The zero-order valence-corrected chi connectivity index (χ0v) is 17.9. The molecule has 32 heavy (non-hydrogen) atoms. The van der Waals surface area contributed by atoms with Gasteiger partial charge in [0.15, 0.2) is 0 Å². The number of halogens is 3. The fourth-order valence-corrected chi connectivity index (χ4v) is 3.58. The molecule has 1 aliphatic heterocycles. The number of ether oxygens (including phenoxy) is 2. The number of anilines is 2. The second-order valence-corrected chi connectivity index (χ2v) is 7.31. The molecule has 174 valence electrons. The second-order valence-electron chi connectivity index (χ2n) is 7.31. The average molecular weight is 453 g/mol. The highest BCUT2D eigenvalue weighted by molar-refractivity contribution is 5.89. The lowest BCUT2D eigenvalue weighted by atomic mass is 10.0. The number of urea groups is 1. The van der Waals surface area contributed by atoms with E-state index in [0.717, 1.165) is 12.1 Å². The van der Waals surface area contributed by atoms with Crippen molar-refractivity contribution in [1.29, 1.82) is 0 Å². The average Bonchev–Trinajstić information content (AvgIpc) is 2.79. The molecule has 1 aromatic carbocycles. The largest absolute Gasteiger partial charge is 0.481 e. The van der Waals surface area contributed by atoms with Crippen LogP contribution in [-0.4, -0.2) is 67.4 Å². The number of carbonyl (C=O) groups excluding carboxylic acids is 1. The van der Waals surface area contributed by atoms with Gasteiger partial charge in [-0.15, -0.1) is 0 Å². The molecule has 1 aromatic heterocycles. The molecule has 1 saturated heterocycles. The van der Waals surface area contributed by atoms with E-state index in [4.69, 9.17) is 9.47 Å². The van der Waals surface area contributed by atoms with Crippen LogP contribution < -0.4 is 15.0 Å². The Kier molecular flexibility index (Phi) is 7.73. The van der Waals surface area contributed by atoms with Crippen molar-refractivity contribution < 1.29 is 27.4 Å². The third-order valence-electron chi connectivity index (χ3n) is 5.25. The Bertz CT molecular complexity index is 904. The number of benzene rings is 1. The van der Waals surface area contributed by atoms with Crippen molar-refractivity contribution in [3.63, 3.8) is 0 Å². The number of alkyl halides is 3. The van der Waals surface area contributed by atoms with Crippen molar-refractivity contribution in [1.82, 2.24) is 14.9 Å². The number of nitrogens with one attached hydrogen (secondary N) is 1. The van der Waals surface area contributed by atoms with E-state index in [9.17, 15) is 18.0 Å². The normalized spacial score (nSPS) is 14.8. The van der Waals surface area contributed by atoms with Gasteiger partial charge in [-0.1, -0.05) is 6.07 Å². The van der Waals surface area contributed by atoms with E-state index in [1.54, 1.807) is 17.2 Å². The van der Waals surface area contributed by atoms with Crippen molar-refractivity contribution in [2.24, 2.45) is 0 Å². The Morgan fingerprint density at radius 2 is 2.00 bits per heavy atom. The van der Waals surface area contributed by atoms with Gasteiger partial charge in [0.1, 0.15) is 0 Å². The zero-order valence-electron chi connectivity index (χ0n) is 17.9. The Morgan fingerprint density at radius 1 is 1.25 bits per heavy atom. The van der Waals surface area contributed by atoms with Crippen molar-refractivity contribution in [3.8, 4) is 5.88 Å². The third kappa shape index (κ3) is 6.00. The molecule has 11 heteroatoms. The lowest BCUT2D eigenvalue weighted by Gasteiger charge is -2.38. The first-order valence-electron chi connectivity index (χ1n) is 10.2. The Labute approximate surface area is 184 Å². The van der Waals surface area contributed by atoms with E-state index in [1.807, 2.05) is 4.90 Å². The molecule has 1 aliphatic rings. The van der Waals surface area contributed by atoms with E-state index < -0.39 is 17.8 Å². The maximum atomic E-state index is 13.0. The molecule has 2 amide bonds. The molecule has 0 radical (unpaired) electrons. The number of piperidine rings is 1. The lowest BCUT2D eigenvalue weighted by molar-refractivity contribution is -0.137. The van der Waals surface area contributed by atoms with Crippen molar-refractivity contribution in [3.05, 3.63) is 42.1 Å². The highest BCUT2D eigenvalue weighted by Crippen LogP contribution is 2.31. The summed E-state index contributed by atoms with van der Waals surface area (Å²) in [4.78, 5) is 25.2. The molecule has 2 heterocycles. The van der Waals surface area contributed by atoms with Crippen molar-refractivity contribution in [2.45, 2.75) is 25.1 Å². The molecule has 2 aromatic rings. The van der Waals surface area contributed by atoms with E-state index in [-0.39, 0.29) is 11.7 Å². The molecule has 0 spiro atoms. The standard InChI is InChI=1S/C21H26F3N5O3/c1-31-13-12-29(20(30)26-16-5-3-4-15(14-16)21(22,23)24)17-7-10-28(11-8-17)19-25-9-6-18(27-19)32-2/h3-6,9,14,17H,7-8,10-13H2,1-2H3,(H,26,30). The topological polar surface area (TPSA) is 79.8 Å². The van der Waals surface area contributed by atoms with Crippen LogP contribution in [0.25, 0.3) is 0 Å². The van der Waals surface area contributed by atoms with Crippen molar-refractivity contribution >= 4 is 17.7 Å². The molecular weight excluding hydrogens is 427 g/mol. The maximum absolute atomic E-state index is 13.0. The van der Waals surface area contributed by atoms with Gasteiger partial charge in [0.25, 0.3) is 0 Å². The summed E-state index contributed by atoms with van der Waals surface area (Å²) < 4.78 is 49.2. The minimum absolute atomic E-state index is 0.0921. The van der Waals surface area contributed by atoms with Gasteiger partial charge in [-0.25, -0.2) is 9.78 Å². The number of hydrogen-bond donors (Lipinski definition) is 1. The third-order valence-corrected chi connectivity index (χ3v) is 5.25. The first kappa shape index (κ1) is 23.6. The van der Waals surface area contributed by atoms with Gasteiger partial charge in [-0.05, 0) is 31.0 Å². The van der Waals surface area contributed by atoms with E-state index in [2.05, 4.69) is 15.3 Å². The summed E-state index contributed by atoms with van der Waals surface area (Å²) in [5.41, 5.74) is -0.722. The van der Waals surface area contributed by atoms with E-state index >= 15 is 0 Å². The van der Waals surface area contributed by atoms with Gasteiger partial charge in [0.2, 0.25) is 11.8 Å². The SMILES string of the molecule is COCCN(C(=O)Nc1cccc(C(F)(F)F)c1)C1CCN(c2nccc(OC)n2)CC1. The Hall–Kier alpha value is -3.08. The summed E-state index contributed by atoms with van der Waals surface area (Å²) in [5, 5.41) is 2.60. The molecule has 8 nitrogen and oxygen atoms in total. The summed E-state index contributed by atoms with van der Waals surface area (Å²) in [6.45, 7) is 1.88. The predicted octanol–water partition coefficient (Wildman–Crippen LogP) is 3.65. The summed E-state index contributed by atoms with van der Waals surface area (Å²) >= 11 is 0. The molecular formula is C21H26F3N5O3. The van der Waals surface area contributed by atoms with Crippen LogP contribution in [0.15, 0.2) is 36.5 Å². The number of rotatable bonds is 7. The van der Waals surface area contributed by atoms with Crippen LogP contribution in [0, 0.1) is 0 Å². The number of hydrogen-bond acceptors (Lipinski definition) is 6. The van der Waals surface area contributed by atoms with Crippen LogP contribution in [-0.2, 0) is 10.9 Å². The number of nitrogens with zero attached hydrogens (tertiary/aromatic N) is 4. The van der Waals surface area contributed by atoms with Gasteiger partial charge in [-0.2, -0.15) is 18.2 Å². The van der Waals surface area contributed by atoms with Gasteiger partial charge in [-0.3, -0.25) is 0 Å². The van der Waals surface area contributed by atoms with Crippen LogP contribution in [0.1, 0.15) is 18.4 Å². The van der Waals surface area contributed by atoms with Gasteiger partial charge in [0.05, 0.1) is 19.3 Å². The summed E-state index contributed by atoms with van der Waals surface area (Å²) in [5.74, 6) is 1.03. The smallest absolute Gasteiger partial charge is 0.416 e. The summed E-state index contributed by atoms with van der Waals surface area (Å²) in [7, 11) is 3.07. The first-order chi connectivity index (χ1) is 15.3. The molecule has 0 saturated carbocycles. The maximum Gasteiger partial charge on any atom is 0.416 e. The molecule has 1 N–H and O–H groups in total. The Morgan fingerprint density at radius 3 is 2.66 bits per heavy atom. The molecule has 0 atom stereocenters. The molecule has 3 rings (SSSR count). The molecule has 0 aliphatic carbocycles. The van der Waals surface area contributed by atoms with Gasteiger partial charge in [0, 0.05) is 50.7 Å². The summed E-state index contributed by atoms with van der Waals surface area (Å²) in [6, 6.07) is 5.70. The number of methoxy groups -OCH3 is 2. The van der Waals surface area contributed by atoms with Gasteiger partial charge >= 0.3 is 12.2 Å². The number of amides is 2. The highest BCUT2D eigenvalue weighted by Gasteiger charge is 2.32. The van der Waals surface area contributed by atoms with E-state index in [0.29, 0.717) is 50.9 Å². The molecule has 1 fully saturated rings. The van der Waals surface area contributed by atoms with Crippen LogP contribution in [0.5, 0.6) is 5.88 Å². The predicted molar refractivity (Wildman–Crippen MR) is 113 cm³/mol. The summed E-state index contributed by atoms with van der Waals surface area (Å²) in [6.07, 6.45) is -1.55. The van der Waals surface area contributed by atoms with Crippen LogP contribution in [0.4, 0.5) is 29.6 Å². The van der Waals surface area contributed by atoms with Crippen LogP contribution >= 0.6 is 0 Å². The zero-order chi connectivity index (χ0) is 23.1. The number of aromatic nitrogens is 2. The monoisotopic (exact) mass is 453 g/mol. The quantitative estimate of drug-likeness (QED) is 0.690. The minimum Gasteiger partial charge on any atom is -0.481 e. The number of carbonyl (C=O) groups is 1. The Balaban J connectivity index is 1.67. The van der Waals surface area contributed by atoms with Crippen LogP contribution in [0.3, 0.4) is 0 Å². The molecule has 0 bridgehead atoms. The van der Waals surface area contributed by atoms with Gasteiger partial charge < -0.3 is 24.6 Å². The highest BCUT2D eigenvalue weighted by atomic mass is 19.4. The van der Waals surface area contributed by atoms with Crippen LogP contribution in [0.2, 0.25) is 0 Å². The minimum atomic E-state index is -4.48.